The number of benzene rings is 1. The van der Waals surface area contributed by atoms with Gasteiger partial charge in [0.2, 0.25) is 0 Å². The molecule has 0 amide bonds. The molecule has 19 heavy (non-hydrogen) atoms. The van der Waals surface area contributed by atoms with Crippen LogP contribution in [0.25, 0.3) is 0 Å². The minimum absolute atomic E-state index is 0.526. The SMILES string of the molecule is CC1CN2CCCC2CN1c1ccc(C#N)cc1Br. The molecule has 2 aliphatic rings. The monoisotopic (exact) mass is 319 g/mol. The van der Waals surface area contributed by atoms with Gasteiger partial charge in [0.05, 0.1) is 17.3 Å². The highest BCUT2D eigenvalue weighted by molar-refractivity contribution is 9.10. The van der Waals surface area contributed by atoms with Crippen LogP contribution in [-0.2, 0) is 0 Å². The number of halogens is 1. The number of nitrogens with zero attached hydrogens (tertiary/aromatic N) is 3. The first-order valence-electron chi connectivity index (χ1n) is 6.89. The molecule has 0 radical (unpaired) electrons. The zero-order valence-electron chi connectivity index (χ0n) is 11.1. The zero-order valence-corrected chi connectivity index (χ0v) is 12.7. The lowest BCUT2D eigenvalue weighted by atomic mass is 10.1. The molecule has 3 nitrogen and oxygen atoms in total. The van der Waals surface area contributed by atoms with Crippen LogP contribution in [0.5, 0.6) is 0 Å². The standard InChI is InChI=1S/C15H18BrN3/c1-11-9-18-6-2-3-13(18)10-19(11)15-5-4-12(8-17)7-14(15)16/h4-5,7,11,13H,2-3,6,9-10H2,1H3. The molecule has 2 saturated heterocycles. The molecule has 0 aliphatic carbocycles. The molecule has 0 saturated carbocycles. The summed E-state index contributed by atoms with van der Waals surface area (Å²) in [6.07, 6.45) is 2.65. The number of anilines is 1. The molecule has 2 heterocycles. The van der Waals surface area contributed by atoms with Gasteiger partial charge in [0, 0.05) is 29.6 Å². The van der Waals surface area contributed by atoms with Gasteiger partial charge in [-0.15, -0.1) is 0 Å². The van der Waals surface area contributed by atoms with Crippen LogP contribution in [-0.4, -0.2) is 36.6 Å². The lowest BCUT2D eigenvalue weighted by molar-refractivity contribution is 0.203. The topological polar surface area (TPSA) is 30.3 Å². The highest BCUT2D eigenvalue weighted by atomic mass is 79.9. The lowest BCUT2D eigenvalue weighted by Crippen LogP contribution is -2.55. The van der Waals surface area contributed by atoms with Gasteiger partial charge in [0.15, 0.2) is 0 Å². The zero-order chi connectivity index (χ0) is 13.4. The van der Waals surface area contributed by atoms with E-state index in [1.807, 2.05) is 12.1 Å². The number of piperazine rings is 1. The normalized spacial score (nSPS) is 27.1. The highest BCUT2D eigenvalue weighted by Gasteiger charge is 2.34. The van der Waals surface area contributed by atoms with Crippen molar-refractivity contribution >= 4 is 21.6 Å². The maximum Gasteiger partial charge on any atom is 0.0992 e. The first kappa shape index (κ1) is 13.0. The maximum atomic E-state index is 8.95. The Labute approximate surface area is 122 Å². The van der Waals surface area contributed by atoms with Gasteiger partial charge in [0.1, 0.15) is 0 Å². The summed E-state index contributed by atoms with van der Waals surface area (Å²) in [7, 11) is 0. The van der Waals surface area contributed by atoms with Crippen molar-refractivity contribution in [3.63, 3.8) is 0 Å². The fourth-order valence-corrected chi connectivity index (χ4v) is 3.94. The van der Waals surface area contributed by atoms with Crippen LogP contribution < -0.4 is 4.90 Å². The summed E-state index contributed by atoms with van der Waals surface area (Å²) in [6.45, 7) is 5.80. The number of nitriles is 1. The molecular weight excluding hydrogens is 302 g/mol. The molecule has 1 aromatic rings. The van der Waals surface area contributed by atoms with E-state index in [4.69, 9.17) is 5.26 Å². The van der Waals surface area contributed by atoms with E-state index in [1.54, 1.807) is 0 Å². The molecule has 2 aliphatic heterocycles. The van der Waals surface area contributed by atoms with Crippen LogP contribution in [0, 0.1) is 11.3 Å². The molecule has 2 fully saturated rings. The molecule has 4 heteroatoms. The Kier molecular flexibility index (Phi) is 3.51. The second-order valence-electron chi connectivity index (χ2n) is 5.57. The summed E-state index contributed by atoms with van der Waals surface area (Å²) in [5.74, 6) is 0. The summed E-state index contributed by atoms with van der Waals surface area (Å²) in [4.78, 5) is 5.11. The molecule has 2 unspecified atom stereocenters. The predicted molar refractivity (Wildman–Crippen MR) is 80.3 cm³/mol. The predicted octanol–water partition coefficient (Wildman–Crippen LogP) is 2.99. The lowest BCUT2D eigenvalue weighted by Gasteiger charge is -2.44. The molecule has 0 aromatic heterocycles. The Morgan fingerprint density at radius 2 is 2.21 bits per heavy atom. The second kappa shape index (κ2) is 5.15. The van der Waals surface area contributed by atoms with Crippen LogP contribution in [0.2, 0.25) is 0 Å². The first-order valence-corrected chi connectivity index (χ1v) is 7.68. The summed E-state index contributed by atoms with van der Waals surface area (Å²) in [5.41, 5.74) is 1.93. The van der Waals surface area contributed by atoms with Crippen molar-refractivity contribution in [1.29, 1.82) is 5.26 Å². The molecular formula is C15H18BrN3. The Morgan fingerprint density at radius 1 is 1.37 bits per heavy atom. The van der Waals surface area contributed by atoms with E-state index < -0.39 is 0 Å². The number of fused-ring (bicyclic) bond motifs is 1. The van der Waals surface area contributed by atoms with Crippen LogP contribution in [0.1, 0.15) is 25.3 Å². The molecule has 100 valence electrons. The van der Waals surface area contributed by atoms with Crippen LogP contribution in [0.4, 0.5) is 5.69 Å². The largest absolute Gasteiger partial charge is 0.365 e. The maximum absolute atomic E-state index is 8.95. The third kappa shape index (κ3) is 2.37. The fraction of sp³-hybridized carbons (Fsp3) is 0.533. The third-order valence-electron chi connectivity index (χ3n) is 4.32. The van der Waals surface area contributed by atoms with Crippen molar-refractivity contribution in [3.05, 3.63) is 28.2 Å². The van der Waals surface area contributed by atoms with Crippen molar-refractivity contribution in [2.45, 2.75) is 31.8 Å². The number of hydrogen-bond donors (Lipinski definition) is 0. The molecule has 0 spiro atoms. The second-order valence-corrected chi connectivity index (χ2v) is 6.42. The molecule has 1 aromatic carbocycles. The number of rotatable bonds is 1. The van der Waals surface area contributed by atoms with Gasteiger partial charge in [-0.25, -0.2) is 0 Å². The van der Waals surface area contributed by atoms with Gasteiger partial charge in [0.25, 0.3) is 0 Å². The Balaban J connectivity index is 1.87. The smallest absolute Gasteiger partial charge is 0.0992 e. The summed E-state index contributed by atoms with van der Waals surface area (Å²) in [6, 6.07) is 9.33. The van der Waals surface area contributed by atoms with Crippen molar-refractivity contribution in [2.75, 3.05) is 24.5 Å². The van der Waals surface area contributed by atoms with Gasteiger partial charge in [-0.1, -0.05) is 0 Å². The van der Waals surface area contributed by atoms with E-state index in [0.717, 1.165) is 17.6 Å². The van der Waals surface area contributed by atoms with Crippen LogP contribution >= 0.6 is 15.9 Å². The van der Waals surface area contributed by atoms with Crippen molar-refractivity contribution < 1.29 is 0 Å². The molecule has 3 rings (SSSR count). The minimum atomic E-state index is 0.526. The Morgan fingerprint density at radius 3 is 2.95 bits per heavy atom. The van der Waals surface area contributed by atoms with Crippen LogP contribution in [0.15, 0.2) is 22.7 Å². The van der Waals surface area contributed by atoms with Crippen molar-refractivity contribution in [2.24, 2.45) is 0 Å². The van der Waals surface area contributed by atoms with Crippen LogP contribution in [0.3, 0.4) is 0 Å². The average molecular weight is 320 g/mol. The van der Waals surface area contributed by atoms with Gasteiger partial charge in [-0.3, -0.25) is 4.90 Å². The Hall–Kier alpha value is -1.05. The fourth-order valence-electron chi connectivity index (χ4n) is 3.33. The van der Waals surface area contributed by atoms with Crippen molar-refractivity contribution in [1.82, 2.24) is 4.90 Å². The van der Waals surface area contributed by atoms with E-state index in [9.17, 15) is 0 Å². The van der Waals surface area contributed by atoms with Gasteiger partial charge < -0.3 is 4.90 Å². The van der Waals surface area contributed by atoms with E-state index in [2.05, 4.69) is 44.8 Å². The van der Waals surface area contributed by atoms with Gasteiger partial charge in [-0.2, -0.15) is 5.26 Å². The average Bonchev–Trinajstić information content (AvgIpc) is 2.85. The highest BCUT2D eigenvalue weighted by Crippen LogP contribution is 2.33. The quantitative estimate of drug-likeness (QED) is 0.797. The van der Waals surface area contributed by atoms with Crippen molar-refractivity contribution in [3.8, 4) is 6.07 Å². The molecule has 0 bridgehead atoms. The van der Waals surface area contributed by atoms with E-state index in [1.165, 1.54) is 25.1 Å². The van der Waals surface area contributed by atoms with Gasteiger partial charge >= 0.3 is 0 Å². The van der Waals surface area contributed by atoms with E-state index in [0.29, 0.717) is 17.6 Å². The molecule has 0 N–H and O–H groups in total. The molecule has 2 atom stereocenters. The summed E-state index contributed by atoms with van der Waals surface area (Å²) in [5, 5.41) is 8.95. The summed E-state index contributed by atoms with van der Waals surface area (Å²) < 4.78 is 1.03. The number of hydrogen-bond acceptors (Lipinski definition) is 3. The van der Waals surface area contributed by atoms with E-state index in [-0.39, 0.29) is 0 Å². The third-order valence-corrected chi connectivity index (χ3v) is 4.96. The first-order chi connectivity index (χ1) is 9.19. The Bertz CT molecular complexity index is 523. The van der Waals surface area contributed by atoms with Gasteiger partial charge in [-0.05, 0) is 60.4 Å². The minimum Gasteiger partial charge on any atom is -0.365 e. The summed E-state index contributed by atoms with van der Waals surface area (Å²) >= 11 is 3.62. The van der Waals surface area contributed by atoms with E-state index >= 15 is 0 Å².